The van der Waals surface area contributed by atoms with Gasteiger partial charge in [0.25, 0.3) is 0 Å². The van der Waals surface area contributed by atoms with Crippen LogP contribution in [0.1, 0.15) is 111 Å². The van der Waals surface area contributed by atoms with Gasteiger partial charge in [-0.05, 0) is 79.3 Å². The molecular formula is C37H62N2O5Si. The normalized spacial score (nSPS) is 20.8. The Balaban J connectivity index is 1.52. The number of nitrogens with zero attached hydrogens (tertiary/aromatic N) is 2. The molecule has 0 unspecified atom stereocenters. The molecule has 7 atom stereocenters. The second kappa shape index (κ2) is 14.4. The third-order valence-electron chi connectivity index (χ3n) is 11.7. The van der Waals surface area contributed by atoms with Crippen molar-refractivity contribution >= 4 is 31.1 Å². The number of methoxy groups -OCH3 is 1. The van der Waals surface area contributed by atoms with E-state index in [0.717, 1.165) is 41.7 Å². The number of carbonyl (C=O) groups is 2. The fourth-order valence-corrected chi connectivity index (χ4v) is 8.02. The van der Waals surface area contributed by atoms with Crippen molar-refractivity contribution in [3.05, 3.63) is 29.6 Å². The van der Waals surface area contributed by atoms with Crippen LogP contribution in [0.15, 0.2) is 18.2 Å². The van der Waals surface area contributed by atoms with Crippen LogP contribution in [0.5, 0.6) is 0 Å². The summed E-state index contributed by atoms with van der Waals surface area (Å²) in [5.74, 6) is 2.50. The Morgan fingerprint density at radius 3 is 2.36 bits per heavy atom. The molecular weight excluding hydrogens is 581 g/mol. The van der Waals surface area contributed by atoms with Crippen LogP contribution in [-0.4, -0.2) is 47.9 Å². The zero-order chi connectivity index (χ0) is 34.1. The van der Waals surface area contributed by atoms with E-state index in [2.05, 4.69) is 70.3 Å². The van der Waals surface area contributed by atoms with Gasteiger partial charge in [0, 0.05) is 18.4 Å². The number of aromatic nitrogens is 2. The van der Waals surface area contributed by atoms with E-state index in [4.69, 9.17) is 9.16 Å². The van der Waals surface area contributed by atoms with Crippen molar-refractivity contribution < 1.29 is 23.9 Å². The minimum Gasteiger partial charge on any atom is -0.469 e. The Morgan fingerprint density at radius 1 is 1.11 bits per heavy atom. The number of rotatable bonds is 16. The van der Waals surface area contributed by atoms with Crippen molar-refractivity contribution in [2.24, 2.45) is 42.1 Å². The predicted molar refractivity (Wildman–Crippen MR) is 185 cm³/mol. The van der Waals surface area contributed by atoms with E-state index < -0.39 is 25.9 Å². The number of esters is 1. The molecule has 45 heavy (non-hydrogen) atoms. The largest absolute Gasteiger partial charge is 0.469 e. The third-order valence-corrected chi connectivity index (χ3v) is 16.2. The second-order valence-electron chi connectivity index (χ2n) is 16.3. The summed E-state index contributed by atoms with van der Waals surface area (Å²) in [6.07, 6.45) is 4.46. The highest BCUT2D eigenvalue weighted by Crippen LogP contribution is 2.48. The SMILES string of the molecule is COC(=O)C[C@H](O[Si](C)(C)C(C)(C)C)C(C)(C)C(=O)[C@H](C)[C@@H](C)[C@@H](C)CCC[C@H]1C[C@H]1C[C@@H](O)c1ccc2c(c1)nc(C)n2C. The molecule has 0 radical (unpaired) electrons. The fourth-order valence-electron chi connectivity index (χ4n) is 6.57. The molecule has 1 aromatic carbocycles. The van der Waals surface area contributed by atoms with E-state index in [1.165, 1.54) is 20.0 Å². The van der Waals surface area contributed by atoms with Crippen molar-refractivity contribution in [1.29, 1.82) is 0 Å². The topological polar surface area (TPSA) is 90.7 Å². The lowest BCUT2D eigenvalue weighted by molar-refractivity contribution is -0.147. The molecule has 1 saturated carbocycles. The first-order valence-electron chi connectivity index (χ1n) is 17.1. The van der Waals surface area contributed by atoms with Gasteiger partial charge in [-0.25, -0.2) is 4.98 Å². The molecule has 8 heteroatoms. The minimum atomic E-state index is -2.24. The molecule has 0 bridgehead atoms. The Morgan fingerprint density at radius 2 is 1.76 bits per heavy atom. The third kappa shape index (κ3) is 8.86. The van der Waals surface area contributed by atoms with Crippen LogP contribution in [0.3, 0.4) is 0 Å². The van der Waals surface area contributed by atoms with E-state index in [0.29, 0.717) is 17.8 Å². The van der Waals surface area contributed by atoms with Gasteiger partial charge < -0.3 is 18.8 Å². The molecule has 0 amide bonds. The van der Waals surface area contributed by atoms with Crippen LogP contribution in [0, 0.1) is 41.9 Å². The average molecular weight is 643 g/mol. The molecule has 3 rings (SSSR count). The molecule has 0 saturated heterocycles. The van der Waals surface area contributed by atoms with Gasteiger partial charge in [-0.2, -0.15) is 0 Å². The summed E-state index contributed by atoms with van der Waals surface area (Å²) in [6.45, 7) is 23.3. The van der Waals surface area contributed by atoms with Gasteiger partial charge in [0.2, 0.25) is 0 Å². The number of fused-ring (bicyclic) bond motifs is 1. The summed E-state index contributed by atoms with van der Waals surface area (Å²) in [5.41, 5.74) is 2.18. The van der Waals surface area contributed by atoms with Gasteiger partial charge in [0.05, 0.1) is 36.8 Å². The lowest BCUT2D eigenvalue weighted by atomic mass is 9.70. The molecule has 0 aliphatic heterocycles. The van der Waals surface area contributed by atoms with E-state index in [9.17, 15) is 14.7 Å². The molecule has 2 aromatic rings. The first-order chi connectivity index (χ1) is 20.7. The van der Waals surface area contributed by atoms with Crippen molar-refractivity contribution in [3.8, 4) is 0 Å². The van der Waals surface area contributed by atoms with Crippen LogP contribution >= 0.6 is 0 Å². The van der Waals surface area contributed by atoms with Crippen LogP contribution in [0.4, 0.5) is 0 Å². The maximum Gasteiger partial charge on any atom is 0.308 e. The van der Waals surface area contributed by atoms with Gasteiger partial charge in [0.1, 0.15) is 11.6 Å². The summed E-state index contributed by atoms with van der Waals surface area (Å²) in [6, 6.07) is 6.14. The van der Waals surface area contributed by atoms with E-state index in [1.54, 1.807) is 0 Å². The Bertz CT molecular complexity index is 1330. The van der Waals surface area contributed by atoms with E-state index in [-0.39, 0.29) is 35.0 Å². The number of carbonyl (C=O) groups excluding carboxylic acids is 2. The molecule has 1 aliphatic carbocycles. The average Bonchev–Trinajstić information content (AvgIpc) is 3.63. The number of imidazole rings is 1. The molecule has 7 nitrogen and oxygen atoms in total. The van der Waals surface area contributed by atoms with Crippen molar-refractivity contribution in [2.45, 2.75) is 131 Å². The number of ether oxygens (including phenoxy) is 1. The zero-order valence-corrected chi connectivity index (χ0v) is 31.5. The van der Waals surface area contributed by atoms with Gasteiger partial charge in [-0.3, -0.25) is 9.59 Å². The molecule has 1 aliphatic rings. The highest BCUT2D eigenvalue weighted by molar-refractivity contribution is 6.74. The van der Waals surface area contributed by atoms with Crippen molar-refractivity contribution in [1.82, 2.24) is 9.55 Å². The summed E-state index contributed by atoms with van der Waals surface area (Å²) in [4.78, 5) is 31.1. The van der Waals surface area contributed by atoms with Crippen LogP contribution in [0.2, 0.25) is 18.1 Å². The Hall–Kier alpha value is -2.03. The summed E-state index contributed by atoms with van der Waals surface area (Å²) < 4.78 is 13.8. The number of ketones is 1. The number of benzene rings is 1. The highest BCUT2D eigenvalue weighted by Gasteiger charge is 2.48. The number of hydrogen-bond acceptors (Lipinski definition) is 6. The number of Topliss-reactive ketones (excluding diaryl/α,β-unsaturated/α-hetero) is 1. The Kier molecular flexibility index (Phi) is 12.0. The van der Waals surface area contributed by atoms with Crippen LogP contribution in [-0.2, 0) is 25.8 Å². The maximum absolute atomic E-state index is 14.1. The van der Waals surface area contributed by atoms with Gasteiger partial charge >= 0.3 is 5.97 Å². The summed E-state index contributed by atoms with van der Waals surface area (Å²) in [5, 5.41) is 10.9. The quantitative estimate of drug-likeness (QED) is 0.146. The lowest BCUT2D eigenvalue weighted by Crippen LogP contribution is -2.52. The highest BCUT2D eigenvalue weighted by atomic mass is 28.4. The number of aliphatic hydroxyl groups is 1. The van der Waals surface area contributed by atoms with Gasteiger partial charge in [-0.15, -0.1) is 0 Å². The maximum atomic E-state index is 14.1. The van der Waals surface area contributed by atoms with Crippen molar-refractivity contribution in [2.75, 3.05) is 7.11 Å². The number of hydrogen-bond donors (Lipinski definition) is 1. The van der Waals surface area contributed by atoms with Crippen LogP contribution < -0.4 is 0 Å². The monoisotopic (exact) mass is 642 g/mol. The first kappa shape index (κ1) is 37.4. The fraction of sp³-hybridized carbons (Fsp3) is 0.757. The number of aliphatic hydroxyl groups excluding tert-OH is 1. The standard InChI is InChI=1S/C37H62N2O5Si/c1-23(15-14-16-27-19-29(27)21-32(40)28-17-18-31-30(20-28)38-26(4)39(31)10)24(2)25(3)35(42)37(8,9)33(22-34(41)43-11)44-45(12,13)36(5,6)7/h17-18,20,23-25,27,29,32-33,40H,14-16,19,21-22H2,1-13H3/t23-,24-,25+,27-,29-,32+,33-/m0/s1. The van der Waals surface area contributed by atoms with E-state index >= 15 is 0 Å². The van der Waals surface area contributed by atoms with Crippen molar-refractivity contribution in [3.63, 3.8) is 0 Å². The smallest absolute Gasteiger partial charge is 0.308 e. The molecule has 1 aromatic heterocycles. The minimum absolute atomic E-state index is 0.0420. The molecule has 1 heterocycles. The molecule has 254 valence electrons. The predicted octanol–water partition coefficient (Wildman–Crippen LogP) is 8.57. The molecule has 0 spiro atoms. The number of aryl methyl sites for hydroxylation is 2. The first-order valence-corrected chi connectivity index (χ1v) is 20.0. The second-order valence-corrected chi connectivity index (χ2v) is 21.0. The molecule has 1 N–H and O–H groups in total. The zero-order valence-electron chi connectivity index (χ0n) is 30.5. The Labute approximate surface area is 274 Å². The molecule has 1 fully saturated rings. The van der Waals surface area contributed by atoms with E-state index in [1.807, 2.05) is 40.0 Å². The van der Waals surface area contributed by atoms with Gasteiger partial charge in [0.15, 0.2) is 8.32 Å². The van der Waals surface area contributed by atoms with Crippen LogP contribution in [0.25, 0.3) is 11.0 Å². The van der Waals surface area contributed by atoms with Gasteiger partial charge in [-0.1, -0.05) is 80.7 Å². The summed E-state index contributed by atoms with van der Waals surface area (Å²) in [7, 11) is 1.17. The lowest BCUT2D eigenvalue weighted by Gasteiger charge is -2.44. The summed E-state index contributed by atoms with van der Waals surface area (Å²) >= 11 is 0.